The Bertz CT molecular complexity index is 424. The highest BCUT2D eigenvalue weighted by atomic mass is 35.5. The maximum atomic E-state index is 11.2. The normalized spacial score (nSPS) is 9.38. The molecule has 0 spiro atoms. The lowest BCUT2D eigenvalue weighted by atomic mass is 10.3. The predicted octanol–water partition coefficient (Wildman–Crippen LogP) is 1.70. The van der Waals surface area contributed by atoms with Crippen molar-refractivity contribution in [3.05, 3.63) is 28.2 Å². The second-order valence-electron chi connectivity index (χ2n) is 2.69. The monoisotopic (exact) mass is 262 g/mol. The number of amides is 4. The first-order valence-electron chi connectivity index (χ1n) is 4.06. The molecule has 6 nitrogen and oxygen atoms in total. The van der Waals surface area contributed by atoms with Gasteiger partial charge in [-0.25, -0.2) is 20.4 Å². The van der Waals surface area contributed by atoms with Crippen molar-refractivity contribution in [3.63, 3.8) is 0 Å². The number of carbonyl (C=O) groups is 2. The van der Waals surface area contributed by atoms with E-state index in [1.807, 2.05) is 10.9 Å². The summed E-state index contributed by atoms with van der Waals surface area (Å²) in [6.07, 6.45) is 0. The number of anilines is 1. The smallest absolute Gasteiger partial charge is 0.338 e. The third-order valence-corrected chi connectivity index (χ3v) is 2.04. The molecule has 0 unspecified atom stereocenters. The minimum atomic E-state index is -0.882. The molecule has 8 heteroatoms. The van der Waals surface area contributed by atoms with E-state index in [0.29, 0.717) is 15.7 Å². The minimum absolute atomic E-state index is 0.318. The number of nitrogens with one attached hydrogen (secondary N) is 3. The van der Waals surface area contributed by atoms with Crippen LogP contribution in [0.1, 0.15) is 0 Å². The van der Waals surface area contributed by atoms with Gasteiger partial charge in [-0.05, 0) is 18.2 Å². The van der Waals surface area contributed by atoms with Crippen LogP contribution in [0.25, 0.3) is 0 Å². The molecule has 0 radical (unpaired) electrons. The van der Waals surface area contributed by atoms with E-state index < -0.39 is 12.1 Å². The van der Waals surface area contributed by atoms with E-state index in [1.54, 1.807) is 6.07 Å². The molecule has 0 aromatic heterocycles. The number of halogens is 2. The van der Waals surface area contributed by atoms with E-state index in [9.17, 15) is 9.59 Å². The molecule has 86 valence electrons. The number of urea groups is 2. The van der Waals surface area contributed by atoms with Crippen LogP contribution < -0.4 is 21.9 Å². The quantitative estimate of drug-likeness (QED) is 0.580. The summed E-state index contributed by atoms with van der Waals surface area (Å²) in [5.41, 5.74) is 8.97. The van der Waals surface area contributed by atoms with Crippen molar-refractivity contribution in [1.29, 1.82) is 0 Å². The first-order chi connectivity index (χ1) is 7.49. The Morgan fingerprint density at radius 2 is 1.88 bits per heavy atom. The number of hydrogen-bond acceptors (Lipinski definition) is 2. The van der Waals surface area contributed by atoms with Gasteiger partial charge in [0.05, 0.1) is 10.7 Å². The molecule has 5 N–H and O–H groups in total. The number of hydrogen-bond donors (Lipinski definition) is 4. The Hall–Kier alpha value is -1.66. The van der Waals surface area contributed by atoms with Crippen molar-refractivity contribution in [2.75, 3.05) is 5.32 Å². The zero-order valence-corrected chi connectivity index (χ0v) is 9.39. The fourth-order valence-corrected chi connectivity index (χ4v) is 1.20. The molecule has 0 aliphatic heterocycles. The lowest BCUT2D eigenvalue weighted by molar-refractivity contribution is 0.235. The molecular formula is C8H8Cl2N4O2. The summed E-state index contributed by atoms with van der Waals surface area (Å²) in [6.45, 7) is 0. The van der Waals surface area contributed by atoms with Crippen LogP contribution in [-0.2, 0) is 0 Å². The standard InChI is InChI=1S/C8H8Cl2N4O2/c9-4-1-2-5(10)6(3-4)12-8(16)14-13-7(11)15/h1-3H,(H3,11,13,15)(H2,12,14,16). The summed E-state index contributed by atoms with van der Waals surface area (Å²) in [7, 11) is 0. The molecule has 0 saturated heterocycles. The van der Waals surface area contributed by atoms with Crippen molar-refractivity contribution in [3.8, 4) is 0 Å². The van der Waals surface area contributed by atoms with Crippen molar-refractivity contribution in [2.24, 2.45) is 5.73 Å². The zero-order chi connectivity index (χ0) is 12.1. The number of carbonyl (C=O) groups excluding carboxylic acids is 2. The van der Waals surface area contributed by atoms with E-state index >= 15 is 0 Å². The van der Waals surface area contributed by atoms with Crippen LogP contribution in [0, 0.1) is 0 Å². The van der Waals surface area contributed by atoms with Crippen LogP contribution in [0.5, 0.6) is 0 Å². The van der Waals surface area contributed by atoms with E-state index in [-0.39, 0.29) is 0 Å². The molecule has 0 bridgehead atoms. The van der Waals surface area contributed by atoms with Crippen LogP contribution in [0.2, 0.25) is 10.0 Å². The summed E-state index contributed by atoms with van der Waals surface area (Å²) < 4.78 is 0. The van der Waals surface area contributed by atoms with Gasteiger partial charge >= 0.3 is 12.1 Å². The van der Waals surface area contributed by atoms with Crippen molar-refractivity contribution < 1.29 is 9.59 Å². The summed E-state index contributed by atoms with van der Waals surface area (Å²) in [6, 6.07) is 3.00. The van der Waals surface area contributed by atoms with Gasteiger partial charge in [0.1, 0.15) is 0 Å². The number of nitrogens with two attached hydrogens (primary N) is 1. The second kappa shape index (κ2) is 5.43. The third kappa shape index (κ3) is 3.84. The molecule has 1 aromatic rings. The Morgan fingerprint density at radius 1 is 1.19 bits per heavy atom. The molecule has 0 fully saturated rings. The van der Waals surface area contributed by atoms with E-state index in [0.717, 1.165) is 0 Å². The molecule has 1 aromatic carbocycles. The van der Waals surface area contributed by atoms with Gasteiger partial charge in [0.15, 0.2) is 0 Å². The van der Waals surface area contributed by atoms with E-state index in [4.69, 9.17) is 28.9 Å². The van der Waals surface area contributed by atoms with Crippen molar-refractivity contribution in [2.45, 2.75) is 0 Å². The Morgan fingerprint density at radius 3 is 2.50 bits per heavy atom. The molecule has 16 heavy (non-hydrogen) atoms. The molecule has 1 rings (SSSR count). The first-order valence-corrected chi connectivity index (χ1v) is 4.82. The van der Waals surface area contributed by atoms with Gasteiger partial charge in [-0.3, -0.25) is 0 Å². The van der Waals surface area contributed by atoms with Gasteiger partial charge in [-0.1, -0.05) is 23.2 Å². The molecular weight excluding hydrogens is 255 g/mol. The topological polar surface area (TPSA) is 96.2 Å². The maximum absolute atomic E-state index is 11.2. The summed E-state index contributed by atoms with van der Waals surface area (Å²) in [5, 5.41) is 3.11. The Labute approximate surface area is 101 Å². The average Bonchev–Trinajstić information content (AvgIpc) is 2.20. The van der Waals surface area contributed by atoms with Gasteiger partial charge in [-0.2, -0.15) is 0 Å². The number of benzene rings is 1. The minimum Gasteiger partial charge on any atom is -0.350 e. The predicted molar refractivity (Wildman–Crippen MR) is 61.3 cm³/mol. The number of rotatable bonds is 1. The van der Waals surface area contributed by atoms with Crippen molar-refractivity contribution >= 4 is 41.0 Å². The third-order valence-electron chi connectivity index (χ3n) is 1.48. The highest BCUT2D eigenvalue weighted by molar-refractivity contribution is 6.35. The van der Waals surface area contributed by atoms with Gasteiger partial charge in [0.25, 0.3) is 0 Å². The largest absolute Gasteiger partial charge is 0.350 e. The summed E-state index contributed by atoms with van der Waals surface area (Å²) >= 11 is 11.5. The molecule has 4 amide bonds. The summed E-state index contributed by atoms with van der Waals surface area (Å²) in [4.78, 5) is 21.5. The fourth-order valence-electron chi connectivity index (χ4n) is 0.865. The molecule has 0 heterocycles. The fraction of sp³-hybridized carbons (Fsp3) is 0. The number of hydrazine groups is 1. The van der Waals surface area contributed by atoms with Gasteiger partial charge in [0, 0.05) is 5.02 Å². The van der Waals surface area contributed by atoms with Crippen LogP contribution in [0.15, 0.2) is 18.2 Å². The SMILES string of the molecule is NC(=O)NNC(=O)Nc1cc(Cl)ccc1Cl. The van der Waals surface area contributed by atoms with Gasteiger partial charge in [0.2, 0.25) is 0 Å². The Kier molecular flexibility index (Phi) is 4.21. The highest BCUT2D eigenvalue weighted by Crippen LogP contribution is 2.25. The van der Waals surface area contributed by atoms with Gasteiger partial charge in [-0.15, -0.1) is 0 Å². The lowest BCUT2D eigenvalue weighted by Gasteiger charge is -2.08. The van der Waals surface area contributed by atoms with Crippen LogP contribution in [0.3, 0.4) is 0 Å². The average molecular weight is 263 g/mol. The zero-order valence-electron chi connectivity index (χ0n) is 7.88. The molecule has 0 aliphatic carbocycles. The first kappa shape index (κ1) is 12.4. The van der Waals surface area contributed by atoms with E-state index in [2.05, 4.69) is 5.32 Å². The summed E-state index contributed by atoms with van der Waals surface area (Å²) in [5.74, 6) is 0. The molecule has 0 atom stereocenters. The molecule has 0 aliphatic rings. The Balaban J connectivity index is 2.62. The van der Waals surface area contributed by atoms with Crippen LogP contribution in [0.4, 0.5) is 15.3 Å². The van der Waals surface area contributed by atoms with E-state index in [1.165, 1.54) is 12.1 Å². The van der Waals surface area contributed by atoms with Crippen molar-refractivity contribution in [1.82, 2.24) is 10.9 Å². The number of primary amides is 1. The second-order valence-corrected chi connectivity index (χ2v) is 3.54. The maximum Gasteiger partial charge on any atom is 0.338 e. The molecule has 0 saturated carbocycles. The van der Waals surface area contributed by atoms with Crippen LogP contribution >= 0.6 is 23.2 Å². The lowest BCUT2D eigenvalue weighted by Crippen LogP contribution is -2.46. The van der Waals surface area contributed by atoms with Crippen LogP contribution in [-0.4, -0.2) is 12.1 Å². The highest BCUT2D eigenvalue weighted by Gasteiger charge is 2.06. The van der Waals surface area contributed by atoms with Gasteiger partial charge < -0.3 is 11.1 Å².